The van der Waals surface area contributed by atoms with Crippen molar-refractivity contribution in [3.63, 3.8) is 0 Å². The molecule has 0 aromatic heterocycles. The van der Waals surface area contributed by atoms with E-state index in [1.807, 2.05) is 37.3 Å². The molecule has 2 N–H and O–H groups in total. The van der Waals surface area contributed by atoms with Crippen LogP contribution >= 0.6 is 0 Å². The van der Waals surface area contributed by atoms with Crippen LogP contribution in [0, 0.1) is 6.92 Å². The van der Waals surface area contributed by atoms with E-state index in [0.717, 1.165) is 18.2 Å². The van der Waals surface area contributed by atoms with E-state index in [1.54, 1.807) is 18.2 Å². The fourth-order valence-corrected chi connectivity index (χ4v) is 3.65. The maximum atomic E-state index is 12.8. The molecule has 0 unspecified atom stereocenters. The van der Waals surface area contributed by atoms with Gasteiger partial charge in [0.2, 0.25) is 5.91 Å². The molecule has 0 saturated heterocycles. The standard InChI is InChI=1S/C23H30N2O4S/c1-5-17(3)18-9-11-20(12-10-18)24-23(27)21(13-14-30(4,28)29)25-22(26)19-8-6-7-16(2)15-19/h6-12,15,17,21H,5,13-14H2,1-4H3,(H,24,27)(H,25,26)/t17-,21-/m0/s1. The fraction of sp³-hybridized carbons (Fsp3) is 0.391. The number of sulfone groups is 1. The molecule has 162 valence electrons. The monoisotopic (exact) mass is 430 g/mol. The summed E-state index contributed by atoms with van der Waals surface area (Å²) in [7, 11) is -3.28. The van der Waals surface area contributed by atoms with Crippen molar-refractivity contribution in [2.45, 2.75) is 45.6 Å². The summed E-state index contributed by atoms with van der Waals surface area (Å²) >= 11 is 0. The molecule has 30 heavy (non-hydrogen) atoms. The number of carbonyl (C=O) groups is 2. The van der Waals surface area contributed by atoms with Gasteiger partial charge < -0.3 is 10.6 Å². The third kappa shape index (κ3) is 7.30. The maximum absolute atomic E-state index is 12.8. The Morgan fingerprint density at radius 3 is 2.30 bits per heavy atom. The van der Waals surface area contributed by atoms with Gasteiger partial charge in [-0.25, -0.2) is 8.42 Å². The van der Waals surface area contributed by atoms with E-state index in [-0.39, 0.29) is 12.2 Å². The van der Waals surface area contributed by atoms with Gasteiger partial charge in [-0.15, -0.1) is 0 Å². The van der Waals surface area contributed by atoms with Gasteiger partial charge >= 0.3 is 0 Å². The third-order valence-electron chi connectivity index (χ3n) is 5.04. The molecule has 0 heterocycles. The summed E-state index contributed by atoms with van der Waals surface area (Å²) < 4.78 is 23.2. The van der Waals surface area contributed by atoms with Crippen molar-refractivity contribution in [2.75, 3.05) is 17.3 Å². The van der Waals surface area contributed by atoms with E-state index in [1.165, 1.54) is 5.56 Å². The number of nitrogens with one attached hydrogen (secondary N) is 2. The van der Waals surface area contributed by atoms with Crippen molar-refractivity contribution in [1.82, 2.24) is 5.32 Å². The Balaban J connectivity index is 2.14. The SMILES string of the molecule is CC[C@H](C)c1ccc(NC(=O)[C@H](CCS(C)(=O)=O)NC(=O)c2cccc(C)c2)cc1. The van der Waals surface area contributed by atoms with Crippen molar-refractivity contribution in [1.29, 1.82) is 0 Å². The highest BCUT2D eigenvalue weighted by Gasteiger charge is 2.23. The molecule has 0 spiro atoms. The zero-order valence-corrected chi connectivity index (χ0v) is 18.8. The minimum Gasteiger partial charge on any atom is -0.340 e. The van der Waals surface area contributed by atoms with Gasteiger partial charge in [-0.1, -0.05) is 43.7 Å². The summed E-state index contributed by atoms with van der Waals surface area (Å²) in [5.74, 6) is -0.645. The molecule has 2 aromatic carbocycles. The van der Waals surface area contributed by atoms with E-state index in [4.69, 9.17) is 0 Å². The van der Waals surface area contributed by atoms with Crippen LogP contribution in [0.5, 0.6) is 0 Å². The number of hydrogen-bond donors (Lipinski definition) is 2. The van der Waals surface area contributed by atoms with Crippen LogP contribution < -0.4 is 10.6 Å². The molecule has 0 saturated carbocycles. The molecule has 0 fully saturated rings. The average molecular weight is 431 g/mol. The van der Waals surface area contributed by atoms with Gasteiger partial charge in [-0.3, -0.25) is 9.59 Å². The molecule has 2 atom stereocenters. The zero-order valence-electron chi connectivity index (χ0n) is 17.9. The number of carbonyl (C=O) groups excluding carboxylic acids is 2. The third-order valence-corrected chi connectivity index (χ3v) is 6.02. The van der Waals surface area contributed by atoms with E-state index < -0.39 is 27.7 Å². The first-order valence-corrected chi connectivity index (χ1v) is 12.1. The first-order chi connectivity index (χ1) is 14.1. The molecule has 0 aliphatic heterocycles. The summed E-state index contributed by atoms with van der Waals surface area (Å²) in [6, 6.07) is 13.6. The van der Waals surface area contributed by atoms with Crippen LogP contribution in [0.3, 0.4) is 0 Å². The predicted octanol–water partition coefficient (Wildman–Crippen LogP) is 3.68. The molecule has 6 nitrogen and oxygen atoms in total. The van der Waals surface area contributed by atoms with Crippen LogP contribution in [0.4, 0.5) is 5.69 Å². The average Bonchev–Trinajstić information content (AvgIpc) is 2.70. The predicted molar refractivity (Wildman–Crippen MR) is 121 cm³/mol. The van der Waals surface area contributed by atoms with Crippen molar-refractivity contribution in [3.05, 3.63) is 65.2 Å². The first-order valence-electron chi connectivity index (χ1n) is 10.0. The number of benzene rings is 2. The minimum absolute atomic E-state index is 0.00677. The van der Waals surface area contributed by atoms with Gasteiger partial charge in [0.25, 0.3) is 5.91 Å². The highest BCUT2D eigenvalue weighted by molar-refractivity contribution is 7.90. The first kappa shape index (κ1) is 23.6. The van der Waals surface area contributed by atoms with E-state index in [0.29, 0.717) is 17.2 Å². The van der Waals surface area contributed by atoms with E-state index >= 15 is 0 Å². The lowest BCUT2D eigenvalue weighted by molar-refractivity contribution is -0.118. The summed E-state index contributed by atoms with van der Waals surface area (Å²) in [4.78, 5) is 25.4. The number of amides is 2. The second-order valence-corrected chi connectivity index (χ2v) is 9.99. The molecule has 2 amide bonds. The number of rotatable bonds is 9. The second-order valence-electron chi connectivity index (χ2n) is 7.73. The molecule has 2 rings (SSSR count). The van der Waals surface area contributed by atoms with Gasteiger partial charge in [-0.2, -0.15) is 0 Å². The number of aryl methyl sites for hydroxylation is 1. The van der Waals surface area contributed by atoms with Crippen LogP contribution in [0.1, 0.15) is 54.1 Å². The maximum Gasteiger partial charge on any atom is 0.251 e. The topological polar surface area (TPSA) is 92.3 Å². The van der Waals surface area contributed by atoms with Crippen LogP contribution in [0.2, 0.25) is 0 Å². The normalized spacial score (nSPS) is 13.3. The summed E-state index contributed by atoms with van der Waals surface area (Å²) in [6.45, 7) is 6.12. The highest BCUT2D eigenvalue weighted by atomic mass is 32.2. The van der Waals surface area contributed by atoms with Gasteiger partial charge in [0.05, 0.1) is 5.75 Å². The Morgan fingerprint density at radius 1 is 1.07 bits per heavy atom. The summed E-state index contributed by atoms with van der Waals surface area (Å²) in [5, 5.41) is 5.46. The van der Waals surface area contributed by atoms with Gasteiger partial charge in [0, 0.05) is 17.5 Å². The molecule has 2 aromatic rings. The van der Waals surface area contributed by atoms with Crippen LogP contribution in [0.25, 0.3) is 0 Å². The smallest absolute Gasteiger partial charge is 0.251 e. The Bertz CT molecular complexity index is 985. The Kier molecular flexibility index (Phi) is 8.17. The molecule has 0 aliphatic rings. The second kappa shape index (κ2) is 10.4. The van der Waals surface area contributed by atoms with Crippen LogP contribution in [0.15, 0.2) is 48.5 Å². The molecule has 0 radical (unpaired) electrons. The number of hydrogen-bond acceptors (Lipinski definition) is 4. The van der Waals surface area contributed by atoms with Crippen molar-refractivity contribution >= 4 is 27.3 Å². The van der Waals surface area contributed by atoms with Crippen molar-refractivity contribution in [3.8, 4) is 0 Å². The summed E-state index contributed by atoms with van der Waals surface area (Å²) in [5.41, 5.74) is 3.12. The van der Waals surface area contributed by atoms with Gasteiger partial charge in [0.15, 0.2) is 0 Å². The Morgan fingerprint density at radius 2 is 1.73 bits per heavy atom. The Labute approximate surface area is 179 Å². The fourth-order valence-electron chi connectivity index (χ4n) is 2.99. The lowest BCUT2D eigenvalue weighted by Gasteiger charge is -2.19. The van der Waals surface area contributed by atoms with Crippen molar-refractivity contribution < 1.29 is 18.0 Å². The molecule has 0 aliphatic carbocycles. The van der Waals surface area contributed by atoms with Crippen LogP contribution in [-0.4, -0.2) is 38.3 Å². The number of anilines is 1. The van der Waals surface area contributed by atoms with Gasteiger partial charge in [-0.05, 0) is 55.5 Å². The van der Waals surface area contributed by atoms with Crippen molar-refractivity contribution in [2.24, 2.45) is 0 Å². The molecular weight excluding hydrogens is 400 g/mol. The van der Waals surface area contributed by atoms with Gasteiger partial charge in [0.1, 0.15) is 15.9 Å². The lowest BCUT2D eigenvalue weighted by atomic mass is 9.98. The van der Waals surface area contributed by atoms with E-state index in [2.05, 4.69) is 24.5 Å². The highest BCUT2D eigenvalue weighted by Crippen LogP contribution is 2.20. The Hall–Kier alpha value is -2.67. The largest absolute Gasteiger partial charge is 0.340 e. The zero-order chi connectivity index (χ0) is 22.3. The quantitative estimate of drug-likeness (QED) is 0.635. The lowest BCUT2D eigenvalue weighted by Crippen LogP contribution is -2.44. The minimum atomic E-state index is -3.28. The summed E-state index contributed by atoms with van der Waals surface area (Å²) in [6.07, 6.45) is 2.12. The van der Waals surface area contributed by atoms with E-state index in [9.17, 15) is 18.0 Å². The molecule has 7 heteroatoms. The molecule has 0 bridgehead atoms. The molecular formula is C23H30N2O4S. The van der Waals surface area contributed by atoms with Crippen LogP contribution in [-0.2, 0) is 14.6 Å².